The fourth-order valence-electron chi connectivity index (χ4n) is 2.69. The molecule has 8 nitrogen and oxygen atoms in total. The molecule has 2 fully saturated rings. The molecule has 23 heavy (non-hydrogen) atoms. The number of piperazine rings is 1. The van der Waals surface area contributed by atoms with Gasteiger partial charge >= 0.3 is 6.09 Å². The summed E-state index contributed by atoms with van der Waals surface area (Å²) >= 11 is 1.20. The van der Waals surface area contributed by atoms with Gasteiger partial charge in [0.05, 0.1) is 32.7 Å². The van der Waals surface area contributed by atoms with Gasteiger partial charge in [0.1, 0.15) is 10.8 Å². The molecule has 126 valence electrons. The van der Waals surface area contributed by atoms with Crippen molar-refractivity contribution < 1.29 is 27.6 Å². The smallest absolute Gasteiger partial charge is 0.416 e. The minimum Gasteiger partial charge on any atom is -0.447 e. The van der Waals surface area contributed by atoms with Crippen LogP contribution < -0.4 is 4.90 Å². The largest absolute Gasteiger partial charge is 0.447 e. The minimum absolute atomic E-state index is 0.183. The molecule has 0 saturated carbocycles. The molecule has 1 aromatic rings. The Morgan fingerprint density at radius 2 is 2.04 bits per heavy atom. The van der Waals surface area contributed by atoms with E-state index < -0.39 is 16.1 Å². The van der Waals surface area contributed by atoms with Crippen LogP contribution in [0.3, 0.4) is 0 Å². The van der Waals surface area contributed by atoms with Gasteiger partial charge in [-0.15, -0.1) is 11.3 Å². The van der Waals surface area contributed by atoms with Gasteiger partial charge in [-0.3, -0.25) is 4.79 Å². The highest BCUT2D eigenvalue weighted by Crippen LogP contribution is 2.20. The SMILES string of the molecule is O=C(C[NH+]1CCN(S(=O)(=O)c2cccs2)CC1)N1CCOC1=O. The molecule has 1 N–H and O–H groups in total. The van der Waals surface area contributed by atoms with Crippen molar-refractivity contribution in [3.05, 3.63) is 17.5 Å². The van der Waals surface area contributed by atoms with Crippen LogP contribution >= 0.6 is 11.3 Å². The van der Waals surface area contributed by atoms with E-state index in [-0.39, 0.29) is 19.1 Å². The Balaban J connectivity index is 1.54. The summed E-state index contributed by atoms with van der Waals surface area (Å²) in [5.41, 5.74) is 0. The van der Waals surface area contributed by atoms with Crippen LogP contribution in [-0.2, 0) is 19.6 Å². The van der Waals surface area contributed by atoms with Crippen LogP contribution in [0.5, 0.6) is 0 Å². The lowest BCUT2D eigenvalue weighted by Crippen LogP contribution is -3.15. The number of quaternary nitrogens is 1. The average molecular weight is 360 g/mol. The van der Waals surface area contributed by atoms with E-state index in [0.717, 1.165) is 9.80 Å². The number of nitrogens with zero attached hydrogens (tertiary/aromatic N) is 2. The van der Waals surface area contributed by atoms with Crippen molar-refractivity contribution in [3.8, 4) is 0 Å². The number of sulfonamides is 1. The van der Waals surface area contributed by atoms with Gasteiger partial charge < -0.3 is 9.64 Å². The molecule has 10 heteroatoms. The highest BCUT2D eigenvalue weighted by atomic mass is 32.2. The van der Waals surface area contributed by atoms with E-state index >= 15 is 0 Å². The number of amides is 2. The van der Waals surface area contributed by atoms with Crippen LogP contribution in [0, 0.1) is 0 Å². The third kappa shape index (κ3) is 3.39. The van der Waals surface area contributed by atoms with Crippen LogP contribution in [0.4, 0.5) is 4.79 Å². The van der Waals surface area contributed by atoms with Crippen LogP contribution in [0.2, 0.25) is 0 Å². The number of nitrogens with one attached hydrogen (secondary N) is 1. The van der Waals surface area contributed by atoms with Crippen molar-refractivity contribution in [3.63, 3.8) is 0 Å². The molecule has 0 aliphatic carbocycles. The summed E-state index contributed by atoms with van der Waals surface area (Å²) in [5, 5.41) is 1.74. The van der Waals surface area contributed by atoms with Crippen molar-refractivity contribution in [1.82, 2.24) is 9.21 Å². The van der Waals surface area contributed by atoms with Crippen molar-refractivity contribution in [1.29, 1.82) is 0 Å². The van der Waals surface area contributed by atoms with E-state index in [0.29, 0.717) is 36.9 Å². The number of hydrogen-bond acceptors (Lipinski definition) is 6. The molecule has 0 bridgehead atoms. The topological polar surface area (TPSA) is 88.4 Å². The molecule has 2 amide bonds. The number of carbonyl (C=O) groups excluding carboxylic acids is 2. The van der Waals surface area contributed by atoms with Crippen LogP contribution in [0.15, 0.2) is 21.7 Å². The summed E-state index contributed by atoms with van der Waals surface area (Å²) in [6.07, 6.45) is -0.590. The Morgan fingerprint density at radius 3 is 2.61 bits per heavy atom. The highest BCUT2D eigenvalue weighted by Gasteiger charge is 2.34. The molecule has 3 rings (SSSR count). The number of carbonyl (C=O) groups is 2. The Hall–Kier alpha value is -1.49. The summed E-state index contributed by atoms with van der Waals surface area (Å²) in [6.45, 7) is 2.54. The maximum Gasteiger partial charge on any atom is 0.416 e. The summed E-state index contributed by atoms with van der Waals surface area (Å²) < 4.78 is 31.4. The molecule has 0 unspecified atom stereocenters. The minimum atomic E-state index is -3.43. The summed E-state index contributed by atoms with van der Waals surface area (Å²) in [6, 6.07) is 3.31. The second-order valence-electron chi connectivity index (χ2n) is 5.42. The number of thiophene rings is 1. The fourth-order valence-corrected chi connectivity index (χ4v) is 5.27. The molecular weight excluding hydrogens is 342 g/mol. The lowest BCUT2D eigenvalue weighted by atomic mass is 10.3. The van der Waals surface area contributed by atoms with Gasteiger partial charge in [-0.1, -0.05) is 6.07 Å². The molecule has 2 aliphatic heterocycles. The number of ether oxygens (including phenoxy) is 1. The van der Waals surface area contributed by atoms with E-state index in [1.54, 1.807) is 17.5 Å². The summed E-state index contributed by atoms with van der Waals surface area (Å²) in [5.74, 6) is -0.267. The summed E-state index contributed by atoms with van der Waals surface area (Å²) in [4.78, 5) is 25.5. The zero-order valence-electron chi connectivity index (χ0n) is 12.4. The number of rotatable bonds is 4. The first-order valence-electron chi connectivity index (χ1n) is 7.33. The Kier molecular flexibility index (Phi) is 4.67. The first kappa shape index (κ1) is 16.4. The quantitative estimate of drug-likeness (QED) is 0.715. The monoisotopic (exact) mass is 360 g/mol. The van der Waals surface area contributed by atoms with Gasteiger partial charge in [0.2, 0.25) is 0 Å². The second-order valence-corrected chi connectivity index (χ2v) is 8.54. The molecule has 3 heterocycles. The normalized spacial score (nSPS) is 20.7. The lowest BCUT2D eigenvalue weighted by Gasteiger charge is -2.31. The number of hydrogen-bond donors (Lipinski definition) is 1. The van der Waals surface area contributed by atoms with E-state index in [1.165, 1.54) is 15.6 Å². The van der Waals surface area contributed by atoms with Crippen LogP contribution in [0.1, 0.15) is 0 Å². The predicted molar refractivity (Wildman–Crippen MR) is 81.7 cm³/mol. The van der Waals surface area contributed by atoms with E-state index in [4.69, 9.17) is 4.74 Å². The molecule has 0 spiro atoms. The maximum atomic E-state index is 12.4. The van der Waals surface area contributed by atoms with Gasteiger partial charge in [-0.25, -0.2) is 18.1 Å². The number of imide groups is 1. The second kappa shape index (κ2) is 6.56. The van der Waals surface area contributed by atoms with Gasteiger partial charge in [0, 0.05) is 0 Å². The average Bonchev–Trinajstić information content (AvgIpc) is 3.19. The maximum absolute atomic E-state index is 12.4. The third-order valence-corrected chi connectivity index (χ3v) is 7.25. The van der Waals surface area contributed by atoms with Crippen molar-refractivity contribution in [2.45, 2.75) is 4.21 Å². The summed E-state index contributed by atoms with van der Waals surface area (Å²) in [7, 11) is -3.43. The van der Waals surface area contributed by atoms with Crippen LogP contribution in [0.25, 0.3) is 0 Å². The molecule has 1 aromatic heterocycles. The van der Waals surface area contributed by atoms with Crippen molar-refractivity contribution >= 4 is 33.4 Å². The lowest BCUT2D eigenvalue weighted by molar-refractivity contribution is -0.895. The van der Waals surface area contributed by atoms with Gasteiger partial charge in [-0.05, 0) is 11.4 Å². The van der Waals surface area contributed by atoms with Gasteiger partial charge in [0.15, 0.2) is 6.54 Å². The molecule has 0 radical (unpaired) electrons. The zero-order chi connectivity index (χ0) is 16.4. The molecule has 0 aromatic carbocycles. The van der Waals surface area contributed by atoms with Crippen LogP contribution in [-0.4, -0.2) is 75.5 Å². The van der Waals surface area contributed by atoms with E-state index in [2.05, 4.69) is 0 Å². The fraction of sp³-hybridized carbons (Fsp3) is 0.538. The number of cyclic esters (lactones) is 1. The molecule has 0 atom stereocenters. The van der Waals surface area contributed by atoms with E-state index in [1.807, 2.05) is 0 Å². The molecular formula is C13H18N3O5S2+. The first-order chi connectivity index (χ1) is 11.0. The highest BCUT2D eigenvalue weighted by molar-refractivity contribution is 7.91. The Labute approximate surface area is 138 Å². The van der Waals surface area contributed by atoms with Crippen molar-refractivity contribution in [2.24, 2.45) is 0 Å². The molecule has 2 saturated heterocycles. The Bertz CT molecular complexity index is 680. The Morgan fingerprint density at radius 1 is 1.30 bits per heavy atom. The third-order valence-electron chi connectivity index (χ3n) is 3.98. The predicted octanol–water partition coefficient (Wildman–Crippen LogP) is -1.38. The zero-order valence-corrected chi connectivity index (χ0v) is 14.1. The standard InChI is InChI=1S/C13H17N3O5S2/c17-11(16-7-8-21-13(16)18)10-14-3-5-15(6-4-14)23(19,20)12-2-1-9-22-12/h1-2,9H,3-8,10H2/p+1. The van der Waals surface area contributed by atoms with Gasteiger partial charge in [0.25, 0.3) is 15.9 Å². The van der Waals surface area contributed by atoms with Crippen molar-refractivity contribution in [2.75, 3.05) is 45.9 Å². The first-order valence-corrected chi connectivity index (χ1v) is 9.65. The molecule has 2 aliphatic rings. The van der Waals surface area contributed by atoms with E-state index in [9.17, 15) is 18.0 Å². The van der Waals surface area contributed by atoms with Gasteiger partial charge in [-0.2, -0.15) is 4.31 Å².